The van der Waals surface area contributed by atoms with Crippen molar-refractivity contribution in [3.05, 3.63) is 12.2 Å². The number of aliphatic hydroxyl groups excluding tert-OH is 2. The summed E-state index contributed by atoms with van der Waals surface area (Å²) >= 11 is 0. The monoisotopic (exact) mass is 364 g/mol. The number of hydrogen-bond acceptors (Lipinski definition) is 4. The molecule has 0 aromatic rings. The zero-order valence-corrected chi connectivity index (χ0v) is 16.2. The van der Waals surface area contributed by atoms with Crippen LogP contribution in [0.5, 0.6) is 0 Å². The predicted octanol–water partition coefficient (Wildman–Crippen LogP) is 3.39. The number of ketones is 1. The summed E-state index contributed by atoms with van der Waals surface area (Å²) in [6.45, 7) is 2.30. The summed E-state index contributed by atoms with van der Waals surface area (Å²) in [6.07, 6.45) is 17.3. The van der Waals surface area contributed by atoms with Crippen LogP contribution in [0.2, 0.25) is 0 Å². The summed E-state index contributed by atoms with van der Waals surface area (Å²) in [5, 5.41) is 29.4. The van der Waals surface area contributed by atoms with Crippen molar-refractivity contribution in [1.29, 1.82) is 0 Å². The minimum atomic E-state index is -1.14. The van der Waals surface area contributed by atoms with Gasteiger partial charge >= 0.3 is 0 Å². The Morgan fingerprint density at radius 2 is 1.92 bits per heavy atom. The van der Waals surface area contributed by atoms with Crippen molar-refractivity contribution < 1.29 is 20.1 Å². The fourth-order valence-corrected chi connectivity index (χ4v) is 3.72. The largest absolute Gasteiger partial charge is 0.396 e. The lowest BCUT2D eigenvalue weighted by Crippen LogP contribution is -2.25. The van der Waals surface area contributed by atoms with E-state index in [0.717, 1.165) is 51.4 Å². The van der Waals surface area contributed by atoms with Gasteiger partial charge in [-0.3, -0.25) is 4.79 Å². The van der Waals surface area contributed by atoms with Crippen LogP contribution in [0, 0.1) is 24.2 Å². The molecule has 0 amide bonds. The molecule has 4 heteroatoms. The number of aliphatic hydroxyl groups is 3. The molecule has 4 nitrogen and oxygen atoms in total. The Morgan fingerprint density at radius 3 is 2.58 bits per heavy atom. The van der Waals surface area contributed by atoms with Gasteiger partial charge in [-0.05, 0) is 25.7 Å². The predicted molar refractivity (Wildman–Crippen MR) is 104 cm³/mol. The molecule has 26 heavy (non-hydrogen) atoms. The van der Waals surface area contributed by atoms with Crippen LogP contribution in [0.3, 0.4) is 0 Å². The van der Waals surface area contributed by atoms with E-state index in [9.17, 15) is 15.0 Å². The Kier molecular flexibility index (Phi) is 10.8. The second-order valence-corrected chi connectivity index (χ2v) is 7.61. The van der Waals surface area contributed by atoms with E-state index in [1.54, 1.807) is 0 Å². The molecule has 1 fully saturated rings. The SMILES string of the molecule is C#CC(O)(C/C=C/[C@H]1[C@H](O)CC(=O)[C@@H]1CCCCCCCO)CCCC. The third kappa shape index (κ3) is 7.61. The molecule has 3 N–H and O–H groups in total. The molecule has 0 bridgehead atoms. The molecule has 148 valence electrons. The van der Waals surface area contributed by atoms with E-state index in [-0.39, 0.29) is 30.6 Å². The van der Waals surface area contributed by atoms with Crippen LogP contribution in [0.15, 0.2) is 12.2 Å². The van der Waals surface area contributed by atoms with Crippen LogP contribution >= 0.6 is 0 Å². The van der Waals surface area contributed by atoms with Gasteiger partial charge in [0.1, 0.15) is 11.4 Å². The van der Waals surface area contributed by atoms with Gasteiger partial charge in [0.2, 0.25) is 0 Å². The van der Waals surface area contributed by atoms with Crippen LogP contribution in [0.4, 0.5) is 0 Å². The number of carbonyl (C=O) groups excluding carboxylic acids is 1. The van der Waals surface area contributed by atoms with Gasteiger partial charge in [0.15, 0.2) is 0 Å². The van der Waals surface area contributed by atoms with Gasteiger partial charge in [-0.25, -0.2) is 0 Å². The first-order chi connectivity index (χ1) is 12.5. The summed E-state index contributed by atoms with van der Waals surface area (Å²) < 4.78 is 0. The summed E-state index contributed by atoms with van der Waals surface area (Å²) in [4.78, 5) is 12.2. The van der Waals surface area contributed by atoms with E-state index in [4.69, 9.17) is 11.5 Å². The number of rotatable bonds is 13. The Hall–Kier alpha value is -1.15. The molecule has 0 radical (unpaired) electrons. The van der Waals surface area contributed by atoms with E-state index in [2.05, 4.69) is 12.8 Å². The number of unbranched alkanes of at least 4 members (excludes halogenated alkanes) is 5. The highest BCUT2D eigenvalue weighted by molar-refractivity contribution is 5.84. The first-order valence-corrected chi connectivity index (χ1v) is 10.2. The van der Waals surface area contributed by atoms with Crippen molar-refractivity contribution in [3.8, 4) is 12.3 Å². The molecule has 0 heterocycles. The van der Waals surface area contributed by atoms with Crippen molar-refractivity contribution >= 4 is 5.78 Å². The lowest BCUT2D eigenvalue weighted by Gasteiger charge is -2.21. The van der Waals surface area contributed by atoms with Gasteiger partial charge in [-0.2, -0.15) is 0 Å². The normalized spacial score (nSPS) is 25.5. The van der Waals surface area contributed by atoms with Gasteiger partial charge in [-0.15, -0.1) is 6.42 Å². The second kappa shape index (κ2) is 12.3. The third-order valence-corrected chi connectivity index (χ3v) is 5.43. The fraction of sp³-hybridized carbons (Fsp3) is 0.773. The molecule has 0 spiro atoms. The van der Waals surface area contributed by atoms with Crippen molar-refractivity contribution in [2.45, 2.75) is 89.3 Å². The number of terminal acetylenes is 1. The second-order valence-electron chi connectivity index (χ2n) is 7.61. The fourth-order valence-electron chi connectivity index (χ4n) is 3.72. The van der Waals surface area contributed by atoms with E-state index >= 15 is 0 Å². The van der Waals surface area contributed by atoms with Gasteiger partial charge in [-0.1, -0.05) is 57.1 Å². The smallest absolute Gasteiger partial charge is 0.139 e. The Morgan fingerprint density at radius 1 is 1.23 bits per heavy atom. The molecule has 0 saturated heterocycles. The lowest BCUT2D eigenvalue weighted by molar-refractivity contribution is -0.121. The maximum absolute atomic E-state index is 12.2. The number of Topliss-reactive ketones (excluding diaryl/α,β-unsaturated/α-hetero) is 1. The molecule has 1 saturated carbocycles. The van der Waals surface area contributed by atoms with E-state index in [0.29, 0.717) is 12.8 Å². The van der Waals surface area contributed by atoms with E-state index in [1.807, 2.05) is 12.2 Å². The van der Waals surface area contributed by atoms with Crippen molar-refractivity contribution in [3.63, 3.8) is 0 Å². The summed E-state index contributed by atoms with van der Waals surface area (Å²) in [6, 6.07) is 0. The zero-order valence-electron chi connectivity index (χ0n) is 16.2. The lowest BCUT2D eigenvalue weighted by atomic mass is 9.87. The molecular formula is C22H36O4. The quantitative estimate of drug-likeness (QED) is 0.266. The molecule has 1 unspecified atom stereocenters. The maximum Gasteiger partial charge on any atom is 0.139 e. The van der Waals surface area contributed by atoms with Gasteiger partial charge in [0.05, 0.1) is 6.10 Å². The van der Waals surface area contributed by atoms with E-state index < -0.39 is 11.7 Å². The highest BCUT2D eigenvalue weighted by Gasteiger charge is 2.39. The highest BCUT2D eigenvalue weighted by Crippen LogP contribution is 2.34. The maximum atomic E-state index is 12.2. The average molecular weight is 365 g/mol. The summed E-state index contributed by atoms with van der Waals surface area (Å²) in [5.41, 5.74) is -1.14. The minimum absolute atomic E-state index is 0.131. The van der Waals surface area contributed by atoms with Crippen molar-refractivity contribution in [1.82, 2.24) is 0 Å². The summed E-state index contributed by atoms with van der Waals surface area (Å²) in [5.74, 6) is 2.32. The number of hydrogen-bond donors (Lipinski definition) is 3. The minimum Gasteiger partial charge on any atom is -0.396 e. The highest BCUT2D eigenvalue weighted by atomic mass is 16.3. The Bertz CT molecular complexity index is 479. The van der Waals surface area contributed by atoms with Gasteiger partial charge in [0.25, 0.3) is 0 Å². The van der Waals surface area contributed by atoms with Crippen LogP contribution in [-0.4, -0.2) is 39.4 Å². The molecule has 1 rings (SSSR count). The van der Waals surface area contributed by atoms with Crippen LogP contribution in [0.1, 0.15) is 77.6 Å². The Balaban J connectivity index is 2.53. The molecule has 0 aromatic carbocycles. The van der Waals surface area contributed by atoms with Gasteiger partial charge < -0.3 is 15.3 Å². The molecule has 1 aliphatic rings. The zero-order chi connectivity index (χ0) is 19.4. The number of carbonyl (C=O) groups is 1. The molecular weight excluding hydrogens is 328 g/mol. The van der Waals surface area contributed by atoms with Crippen molar-refractivity contribution in [2.24, 2.45) is 11.8 Å². The van der Waals surface area contributed by atoms with Crippen LogP contribution in [0.25, 0.3) is 0 Å². The summed E-state index contributed by atoms with van der Waals surface area (Å²) in [7, 11) is 0. The average Bonchev–Trinajstić information content (AvgIpc) is 2.89. The third-order valence-electron chi connectivity index (χ3n) is 5.43. The molecule has 4 atom stereocenters. The standard InChI is InChI=1S/C22H36O4/c1-3-5-14-22(26,4-2)15-11-13-19-18(20(24)17-21(19)25)12-9-7-6-8-10-16-23/h2,11,13,18-19,21,23,25-26H,3,5-10,12,14-17H2,1H3/b13-11+/t18-,19-,21-,22?/m1/s1. The van der Waals surface area contributed by atoms with Crippen LogP contribution < -0.4 is 0 Å². The van der Waals surface area contributed by atoms with Crippen LogP contribution in [-0.2, 0) is 4.79 Å². The Labute approximate surface area is 158 Å². The van der Waals surface area contributed by atoms with Gasteiger partial charge in [0, 0.05) is 31.3 Å². The first kappa shape index (κ1) is 22.9. The topological polar surface area (TPSA) is 77.8 Å². The molecule has 0 aliphatic heterocycles. The molecule has 0 aromatic heterocycles. The van der Waals surface area contributed by atoms with Crippen molar-refractivity contribution in [2.75, 3.05) is 6.61 Å². The van der Waals surface area contributed by atoms with E-state index in [1.165, 1.54) is 0 Å². The molecule has 1 aliphatic carbocycles. The first-order valence-electron chi connectivity index (χ1n) is 10.2.